The molecule has 0 bridgehead atoms. The van der Waals surface area contributed by atoms with Gasteiger partial charge in [-0.1, -0.05) is 497 Å². The fourth-order valence-electron chi connectivity index (χ4n) is 19.2. The summed E-state index contributed by atoms with van der Waals surface area (Å²) < 4.78 is 0. The predicted molar refractivity (Wildman–Crippen MR) is 564 cm³/mol. The quantitative estimate of drug-likeness (QED) is 0.105. The van der Waals surface area contributed by atoms with Gasteiger partial charge in [-0.05, 0) is 259 Å². The molecule has 0 spiro atoms. The fraction of sp³-hybridized carbons (Fsp3) is 0.00775. The molecule has 29 rings (SSSR count). The van der Waals surface area contributed by atoms with Crippen LogP contribution in [0.3, 0.4) is 0 Å². The third-order valence-corrected chi connectivity index (χ3v) is 25.3. The van der Waals surface area contributed by atoms with E-state index in [0.717, 1.165) is 6.42 Å². The zero-order chi connectivity index (χ0) is 86.0. The molecule has 606 valence electrons. The van der Waals surface area contributed by atoms with E-state index in [1.165, 1.54) is 216 Å². The van der Waals surface area contributed by atoms with Crippen LogP contribution in [0.15, 0.2) is 534 Å². The van der Waals surface area contributed by atoms with Crippen LogP contribution in [0.2, 0.25) is 0 Å². The van der Waals surface area contributed by atoms with E-state index < -0.39 is 0 Å². The van der Waals surface area contributed by atoms with Crippen molar-refractivity contribution < 1.29 is 0 Å². The molecule has 0 saturated heterocycles. The van der Waals surface area contributed by atoms with Crippen molar-refractivity contribution in [1.82, 2.24) is 0 Å². The lowest BCUT2D eigenvalue weighted by molar-refractivity contribution is 1.26. The smallest absolute Gasteiger partial charge is 0.00135 e. The molecule has 0 aliphatic heterocycles. The van der Waals surface area contributed by atoms with Crippen molar-refractivity contribution in [3.63, 3.8) is 0 Å². The zero-order valence-electron chi connectivity index (χ0n) is 71.5. The van der Waals surface area contributed by atoms with Crippen LogP contribution in [0.4, 0.5) is 0 Å². The van der Waals surface area contributed by atoms with Crippen LogP contribution in [0.5, 0.6) is 0 Å². The molecule has 0 aromatic heterocycles. The topological polar surface area (TPSA) is 0 Å². The summed E-state index contributed by atoms with van der Waals surface area (Å²) in [4.78, 5) is 0. The SMILES string of the molecule is c1cc2ccc3cccc4ccc(c1)c2c34.c1cc2cccc3c4cccc5cccc(c(c1)c23)c54.c1ccc2c(c1)Cc1ccccc1-2.c1ccc2c(c1)c1ccccc1c1ccccc21.c1ccc2c(c1)ccc1ccccc12.c1ccc2cc3cc4ccccc4cc3cc2c1.c1ccc2cc3ccccc3cc2c1.c1ccc2ccccc2c1.c1ccccc1. The summed E-state index contributed by atoms with van der Waals surface area (Å²) in [7, 11) is 0. The van der Waals surface area contributed by atoms with E-state index in [2.05, 4.69) is 497 Å². The summed E-state index contributed by atoms with van der Waals surface area (Å²) in [6, 6.07) is 189. The van der Waals surface area contributed by atoms with Crippen molar-refractivity contribution in [3.05, 3.63) is 545 Å². The van der Waals surface area contributed by atoms with Crippen molar-refractivity contribution >= 4 is 194 Å². The van der Waals surface area contributed by atoms with Gasteiger partial charge in [-0.15, -0.1) is 0 Å². The monoisotopic (exact) mass is 1640 g/mol. The first-order valence-electron chi connectivity index (χ1n) is 44.6. The molecule has 0 nitrogen and oxygen atoms in total. The van der Waals surface area contributed by atoms with E-state index in [9.17, 15) is 0 Å². The first-order valence-corrected chi connectivity index (χ1v) is 44.6. The standard InChI is InChI=1S/C20H12.2C18H12.C16H10.2C14H10.C13H10.C10H8.C6H6/c1-5-13-6-2-11-17-18-12-4-8-14-7-3-10-16(20(14)18)15(9-1)19(13)17;1-2-8-14-13(7-1)15-9-3-4-11-17(15)18-12-6-5-10-16(14)18;1-2-6-14-10-18-12-16-8-4-3-7-15(16)11-17(18)9-13(14)5-1;1-3-11-7-9-13-5-2-6-14-10-8-12(4-1)15(11)16(13)14;1-3-7-13-11(5-1)9-10-12-6-2-4-8-14(12)13;1-2-6-12-10-14-8-4-3-7-13(14)9-11(12)5-1;1-3-7-12-10(5-1)9-11-6-2-4-8-13(11)12;1-2-6-10-8-4-3-7-9(10)5-1;1-2-4-6-5-3-1/h1-12H;2*1-12H;1-10H;2*1-10H;1-8H,9H2;1-8H;1-6H. The minimum atomic E-state index is 1.10. The van der Waals surface area contributed by atoms with Gasteiger partial charge in [0, 0.05) is 0 Å². The Labute approximate surface area is 751 Å². The van der Waals surface area contributed by atoms with Gasteiger partial charge in [0.15, 0.2) is 0 Å². The van der Waals surface area contributed by atoms with Crippen molar-refractivity contribution in [1.29, 1.82) is 0 Å². The number of benzene rings is 28. The molecule has 129 heavy (non-hydrogen) atoms. The number of hydrogen-bond donors (Lipinski definition) is 0. The van der Waals surface area contributed by atoms with Crippen LogP contribution < -0.4 is 0 Å². The van der Waals surface area contributed by atoms with Gasteiger partial charge < -0.3 is 0 Å². The first-order chi connectivity index (χ1) is 64.0. The van der Waals surface area contributed by atoms with Crippen LogP contribution in [0.1, 0.15) is 11.1 Å². The predicted octanol–water partition coefficient (Wildman–Crippen LogP) is 36.4. The highest BCUT2D eigenvalue weighted by atomic mass is 14.2. The Balaban J connectivity index is 0.0000000891. The molecule has 0 radical (unpaired) electrons. The van der Waals surface area contributed by atoms with Crippen LogP contribution in [0.25, 0.3) is 205 Å². The highest BCUT2D eigenvalue weighted by Crippen LogP contribution is 2.42. The van der Waals surface area contributed by atoms with Gasteiger partial charge >= 0.3 is 0 Å². The normalized spacial score (nSPS) is 11.2. The summed E-state index contributed by atoms with van der Waals surface area (Å²) in [5.41, 5.74) is 5.75. The second-order valence-corrected chi connectivity index (χ2v) is 33.1. The molecule has 28 aromatic carbocycles. The maximum Gasteiger partial charge on any atom is -0.00135 e. The molecule has 0 heteroatoms. The Morgan fingerprint density at radius 1 is 0.0930 bits per heavy atom. The molecule has 0 saturated carbocycles. The highest BCUT2D eigenvalue weighted by molar-refractivity contribution is 6.33. The van der Waals surface area contributed by atoms with E-state index in [0.29, 0.717) is 0 Å². The van der Waals surface area contributed by atoms with Gasteiger partial charge in [-0.2, -0.15) is 0 Å². The molecular weight excluding hydrogens is 1550 g/mol. The Morgan fingerprint density at radius 3 is 0.527 bits per heavy atom. The molecular formula is C129H90. The van der Waals surface area contributed by atoms with E-state index in [4.69, 9.17) is 0 Å². The third-order valence-electron chi connectivity index (χ3n) is 25.3. The molecule has 0 unspecified atom stereocenters. The van der Waals surface area contributed by atoms with Crippen LogP contribution >= 0.6 is 0 Å². The van der Waals surface area contributed by atoms with Gasteiger partial charge in [0.1, 0.15) is 0 Å². The van der Waals surface area contributed by atoms with Crippen LogP contribution in [-0.4, -0.2) is 0 Å². The fourth-order valence-corrected chi connectivity index (χ4v) is 19.2. The summed E-state index contributed by atoms with van der Waals surface area (Å²) in [6.07, 6.45) is 1.10. The van der Waals surface area contributed by atoms with Crippen LogP contribution in [-0.2, 0) is 6.42 Å². The molecule has 1 aliphatic rings. The molecule has 0 fully saturated rings. The molecule has 0 N–H and O–H groups in total. The molecule has 0 atom stereocenters. The van der Waals surface area contributed by atoms with Gasteiger partial charge in [0.25, 0.3) is 0 Å². The van der Waals surface area contributed by atoms with E-state index in [1.54, 1.807) is 0 Å². The van der Waals surface area contributed by atoms with Crippen molar-refractivity contribution in [2.24, 2.45) is 0 Å². The van der Waals surface area contributed by atoms with E-state index in [1.807, 2.05) is 36.4 Å². The number of rotatable bonds is 0. The average molecular weight is 1640 g/mol. The Morgan fingerprint density at radius 2 is 0.264 bits per heavy atom. The lowest BCUT2D eigenvalue weighted by Crippen LogP contribution is -1.85. The minimum Gasteiger partial charge on any atom is -0.0623 e. The number of hydrogen-bond acceptors (Lipinski definition) is 0. The maximum absolute atomic E-state index is 2.27. The number of fused-ring (bicyclic) bond motifs is 20. The van der Waals surface area contributed by atoms with Gasteiger partial charge in [0.05, 0.1) is 0 Å². The van der Waals surface area contributed by atoms with Gasteiger partial charge in [-0.25, -0.2) is 0 Å². The average Bonchev–Trinajstić information content (AvgIpc) is 1.49. The second-order valence-electron chi connectivity index (χ2n) is 33.1. The first kappa shape index (κ1) is 79.5. The zero-order valence-corrected chi connectivity index (χ0v) is 71.5. The van der Waals surface area contributed by atoms with Crippen molar-refractivity contribution in [3.8, 4) is 11.1 Å². The highest BCUT2D eigenvalue weighted by Gasteiger charge is 2.17. The summed E-state index contributed by atoms with van der Waals surface area (Å²) in [6.45, 7) is 0. The minimum absolute atomic E-state index is 1.10. The van der Waals surface area contributed by atoms with E-state index >= 15 is 0 Å². The summed E-state index contributed by atoms with van der Waals surface area (Å²) in [5, 5.41) is 48.1. The Bertz CT molecular complexity index is 7890. The van der Waals surface area contributed by atoms with Gasteiger partial charge in [-0.3, -0.25) is 0 Å². The van der Waals surface area contributed by atoms with Crippen molar-refractivity contribution in [2.75, 3.05) is 0 Å². The lowest BCUT2D eigenvalue weighted by Gasteiger charge is -2.13. The lowest BCUT2D eigenvalue weighted by atomic mass is 9.90. The maximum atomic E-state index is 2.27. The molecule has 1 aliphatic carbocycles. The van der Waals surface area contributed by atoms with E-state index in [-0.39, 0.29) is 0 Å². The summed E-state index contributed by atoms with van der Waals surface area (Å²) in [5.74, 6) is 0. The largest absolute Gasteiger partial charge is 0.0623 e. The van der Waals surface area contributed by atoms with Gasteiger partial charge in [0.2, 0.25) is 0 Å². The Kier molecular flexibility index (Phi) is 22.6. The molecule has 28 aromatic rings. The second kappa shape index (κ2) is 36.7. The van der Waals surface area contributed by atoms with Crippen LogP contribution in [0, 0.1) is 0 Å². The van der Waals surface area contributed by atoms with Crippen molar-refractivity contribution in [2.45, 2.75) is 6.42 Å². The molecule has 0 heterocycles. The molecule has 0 amide bonds. The Hall–Kier alpha value is -16.6. The third kappa shape index (κ3) is 16.6. The summed E-state index contributed by atoms with van der Waals surface area (Å²) >= 11 is 0.